The summed E-state index contributed by atoms with van der Waals surface area (Å²) in [5.74, 6) is 0.679. The second-order valence-corrected chi connectivity index (χ2v) is 7.22. The van der Waals surface area contributed by atoms with Gasteiger partial charge < -0.3 is 26.1 Å². The van der Waals surface area contributed by atoms with Crippen LogP contribution in [0.3, 0.4) is 0 Å². The number of ether oxygens (including phenoxy) is 1. The highest BCUT2D eigenvalue weighted by atomic mass is 19.4. The lowest BCUT2D eigenvalue weighted by molar-refractivity contribution is -0.137. The second-order valence-electron chi connectivity index (χ2n) is 7.22. The number of benzene rings is 1. The number of nitrogen functional groups attached to an aromatic ring is 1. The first-order valence-corrected chi connectivity index (χ1v) is 9.54. The molecule has 1 aromatic carbocycles. The van der Waals surface area contributed by atoms with E-state index in [-0.39, 0.29) is 17.5 Å². The summed E-state index contributed by atoms with van der Waals surface area (Å²) < 4.78 is 44.4. The van der Waals surface area contributed by atoms with E-state index >= 15 is 0 Å². The Morgan fingerprint density at radius 3 is 2.60 bits per heavy atom. The van der Waals surface area contributed by atoms with E-state index in [9.17, 15) is 13.2 Å². The Morgan fingerprint density at radius 2 is 1.93 bits per heavy atom. The molecule has 2 aliphatic heterocycles. The highest BCUT2D eigenvalue weighted by Crippen LogP contribution is 2.33. The van der Waals surface area contributed by atoms with Gasteiger partial charge in [0.05, 0.1) is 24.3 Å². The SMILES string of the molecule is N=Cc1c(Nc2cccc(C(F)(F)F)c2)nc(N)nc1N1CC(N2CCOCC2)C1. The van der Waals surface area contributed by atoms with Crippen LogP contribution in [0, 0.1) is 5.41 Å². The number of halogens is 3. The van der Waals surface area contributed by atoms with Gasteiger partial charge in [0.25, 0.3) is 0 Å². The average molecular weight is 421 g/mol. The number of alkyl halides is 3. The van der Waals surface area contributed by atoms with Gasteiger partial charge in [-0.2, -0.15) is 23.1 Å². The molecule has 0 aliphatic carbocycles. The van der Waals surface area contributed by atoms with Crippen molar-refractivity contribution in [3.8, 4) is 0 Å². The fraction of sp³-hybridized carbons (Fsp3) is 0.421. The number of nitrogens with zero attached hydrogens (tertiary/aromatic N) is 4. The summed E-state index contributed by atoms with van der Waals surface area (Å²) in [5, 5.41) is 10.7. The monoisotopic (exact) mass is 421 g/mol. The van der Waals surface area contributed by atoms with Gasteiger partial charge in [-0.05, 0) is 18.2 Å². The zero-order chi connectivity index (χ0) is 21.3. The van der Waals surface area contributed by atoms with E-state index in [0.29, 0.717) is 30.6 Å². The van der Waals surface area contributed by atoms with Crippen molar-refractivity contribution in [3.63, 3.8) is 0 Å². The lowest BCUT2D eigenvalue weighted by Crippen LogP contribution is -2.62. The van der Waals surface area contributed by atoms with E-state index in [1.807, 2.05) is 4.90 Å². The third-order valence-electron chi connectivity index (χ3n) is 5.26. The molecule has 0 unspecified atom stereocenters. The zero-order valence-corrected chi connectivity index (χ0v) is 16.1. The van der Waals surface area contributed by atoms with Gasteiger partial charge in [-0.15, -0.1) is 0 Å². The molecule has 4 N–H and O–H groups in total. The van der Waals surface area contributed by atoms with Crippen molar-refractivity contribution >= 4 is 29.5 Å². The number of nitrogens with two attached hydrogens (primary N) is 1. The van der Waals surface area contributed by atoms with E-state index in [1.165, 1.54) is 12.1 Å². The van der Waals surface area contributed by atoms with Gasteiger partial charge >= 0.3 is 6.18 Å². The molecule has 0 radical (unpaired) electrons. The highest BCUT2D eigenvalue weighted by Gasteiger charge is 2.35. The lowest BCUT2D eigenvalue weighted by atomic mass is 10.1. The summed E-state index contributed by atoms with van der Waals surface area (Å²) in [6.07, 6.45) is -3.36. The Hall–Kier alpha value is -2.92. The van der Waals surface area contributed by atoms with E-state index in [2.05, 4.69) is 20.2 Å². The highest BCUT2D eigenvalue weighted by molar-refractivity contribution is 5.93. The third-order valence-corrected chi connectivity index (χ3v) is 5.26. The molecule has 2 aromatic rings. The normalized spacial score (nSPS) is 18.2. The van der Waals surface area contributed by atoms with Crippen molar-refractivity contribution in [1.82, 2.24) is 14.9 Å². The topological polar surface area (TPSA) is 103 Å². The number of aromatic nitrogens is 2. The van der Waals surface area contributed by atoms with Crippen LogP contribution in [0.5, 0.6) is 0 Å². The van der Waals surface area contributed by atoms with Gasteiger partial charge in [0.1, 0.15) is 11.6 Å². The molecule has 0 saturated carbocycles. The summed E-state index contributed by atoms with van der Waals surface area (Å²) in [4.78, 5) is 12.7. The molecular formula is C19H22F3N7O. The minimum absolute atomic E-state index is 0.0140. The fourth-order valence-corrected chi connectivity index (χ4v) is 3.66. The first-order valence-electron chi connectivity index (χ1n) is 9.54. The molecule has 1 aromatic heterocycles. The molecule has 11 heteroatoms. The van der Waals surface area contributed by atoms with Crippen molar-refractivity contribution in [2.75, 3.05) is 55.3 Å². The summed E-state index contributed by atoms with van der Waals surface area (Å²) in [5.41, 5.74) is 5.66. The number of hydrogen-bond donors (Lipinski definition) is 3. The number of morpholine rings is 1. The van der Waals surface area contributed by atoms with Crippen LogP contribution in [0.25, 0.3) is 0 Å². The minimum atomic E-state index is -4.45. The van der Waals surface area contributed by atoms with Gasteiger partial charge in [-0.1, -0.05) is 6.07 Å². The van der Waals surface area contributed by atoms with Crippen LogP contribution in [0.4, 0.5) is 36.4 Å². The number of nitrogens with one attached hydrogen (secondary N) is 2. The van der Waals surface area contributed by atoms with Crippen molar-refractivity contribution in [2.24, 2.45) is 0 Å². The van der Waals surface area contributed by atoms with Crippen molar-refractivity contribution in [1.29, 1.82) is 5.41 Å². The third kappa shape index (κ3) is 4.17. The molecule has 3 heterocycles. The van der Waals surface area contributed by atoms with Crippen molar-refractivity contribution in [2.45, 2.75) is 12.2 Å². The maximum Gasteiger partial charge on any atom is 0.416 e. The Balaban J connectivity index is 1.55. The molecular weight excluding hydrogens is 399 g/mol. The summed E-state index contributed by atoms with van der Waals surface area (Å²) in [6, 6.07) is 5.16. The molecule has 2 aliphatic rings. The van der Waals surface area contributed by atoms with Crippen LogP contribution >= 0.6 is 0 Å². The van der Waals surface area contributed by atoms with Gasteiger partial charge in [0, 0.05) is 44.1 Å². The smallest absolute Gasteiger partial charge is 0.379 e. The van der Waals surface area contributed by atoms with Gasteiger partial charge in [0.15, 0.2) is 0 Å². The Bertz CT molecular complexity index is 925. The van der Waals surface area contributed by atoms with Crippen LogP contribution in [0.2, 0.25) is 0 Å². The van der Waals surface area contributed by atoms with Crippen LogP contribution in [-0.2, 0) is 10.9 Å². The number of hydrogen-bond acceptors (Lipinski definition) is 8. The first-order chi connectivity index (χ1) is 14.3. The zero-order valence-electron chi connectivity index (χ0n) is 16.1. The Morgan fingerprint density at radius 1 is 1.20 bits per heavy atom. The molecule has 2 fully saturated rings. The molecule has 0 spiro atoms. The van der Waals surface area contributed by atoms with Gasteiger partial charge in [0.2, 0.25) is 5.95 Å². The van der Waals surface area contributed by atoms with Crippen molar-refractivity contribution in [3.05, 3.63) is 35.4 Å². The maximum atomic E-state index is 13.0. The maximum absolute atomic E-state index is 13.0. The van der Waals surface area contributed by atoms with E-state index in [0.717, 1.165) is 44.5 Å². The summed E-state index contributed by atoms with van der Waals surface area (Å²) in [6.45, 7) is 4.64. The summed E-state index contributed by atoms with van der Waals surface area (Å²) in [7, 11) is 0. The summed E-state index contributed by atoms with van der Waals surface area (Å²) >= 11 is 0. The molecule has 4 rings (SSSR count). The molecule has 30 heavy (non-hydrogen) atoms. The first kappa shape index (κ1) is 20.4. The largest absolute Gasteiger partial charge is 0.416 e. The van der Waals surface area contributed by atoms with Crippen LogP contribution < -0.4 is 16.0 Å². The van der Waals surface area contributed by atoms with E-state index in [1.54, 1.807) is 0 Å². The van der Waals surface area contributed by atoms with Gasteiger partial charge in [-0.25, -0.2) is 0 Å². The van der Waals surface area contributed by atoms with E-state index in [4.69, 9.17) is 15.9 Å². The molecule has 2 saturated heterocycles. The predicted molar refractivity (Wildman–Crippen MR) is 107 cm³/mol. The molecule has 160 valence electrons. The molecule has 0 bridgehead atoms. The van der Waals surface area contributed by atoms with Crippen LogP contribution in [0.15, 0.2) is 24.3 Å². The van der Waals surface area contributed by atoms with Crippen LogP contribution in [-0.4, -0.2) is 66.5 Å². The number of anilines is 4. The standard InChI is InChI=1S/C19H22F3N7O/c20-19(21,22)12-2-1-3-13(8-12)25-16-15(9-23)17(27-18(24)26-16)29-10-14(11-29)28-4-6-30-7-5-28/h1-3,8-9,14,23H,4-7,10-11H2,(H3,24,25,26,27). The lowest BCUT2D eigenvalue weighted by Gasteiger charge is -2.47. The van der Waals surface area contributed by atoms with E-state index < -0.39 is 11.7 Å². The second kappa shape index (κ2) is 8.07. The van der Waals surface area contributed by atoms with Crippen molar-refractivity contribution < 1.29 is 17.9 Å². The molecule has 0 amide bonds. The Kier molecular flexibility index (Phi) is 5.48. The van der Waals surface area contributed by atoms with Gasteiger partial charge in [-0.3, -0.25) is 4.90 Å². The quantitative estimate of drug-likeness (QED) is 0.637. The average Bonchev–Trinajstić information content (AvgIpc) is 2.67. The Labute approximate surface area is 171 Å². The minimum Gasteiger partial charge on any atom is -0.379 e. The fourth-order valence-electron chi connectivity index (χ4n) is 3.66. The molecule has 8 nitrogen and oxygen atoms in total. The molecule has 0 atom stereocenters. The van der Waals surface area contributed by atoms with Crippen LogP contribution in [0.1, 0.15) is 11.1 Å². The predicted octanol–water partition coefficient (Wildman–Crippen LogP) is 2.34. The number of rotatable bonds is 5.